The Hall–Kier alpha value is -2.05. The highest BCUT2D eigenvalue weighted by atomic mass is 35.5. The Bertz CT molecular complexity index is 659. The molecule has 1 amide bonds. The molecule has 0 fully saturated rings. The van der Waals surface area contributed by atoms with Crippen molar-refractivity contribution in [3.63, 3.8) is 0 Å². The van der Waals surface area contributed by atoms with Crippen LogP contribution in [0.3, 0.4) is 0 Å². The molecule has 3 rings (SSSR count). The highest BCUT2D eigenvalue weighted by molar-refractivity contribution is 6.18. The summed E-state index contributed by atoms with van der Waals surface area (Å²) in [5.41, 5.74) is 3.38. The minimum absolute atomic E-state index is 0.185. The summed E-state index contributed by atoms with van der Waals surface area (Å²) in [4.78, 5) is 14.0. The first kappa shape index (κ1) is 15.8. The number of hydrogen-bond donors (Lipinski definition) is 2. The number of aromatic amines is 1. The number of rotatable bonds is 5. The van der Waals surface area contributed by atoms with Gasteiger partial charge in [-0.3, -0.25) is 15.3 Å². The van der Waals surface area contributed by atoms with Gasteiger partial charge in [0.2, 0.25) is 0 Å². The van der Waals surface area contributed by atoms with Crippen molar-refractivity contribution in [2.24, 2.45) is 0 Å². The Balaban J connectivity index is 1.61. The van der Waals surface area contributed by atoms with E-state index < -0.39 is 6.09 Å². The highest BCUT2D eigenvalue weighted by Gasteiger charge is 2.23. The molecular weight excluding hydrogens is 316 g/mol. The normalized spacial score (nSPS) is 14.3. The summed E-state index contributed by atoms with van der Waals surface area (Å²) in [5, 5.41) is 9.87. The Morgan fingerprint density at radius 2 is 2.22 bits per heavy atom. The van der Waals surface area contributed by atoms with Gasteiger partial charge in [0.25, 0.3) is 0 Å². The summed E-state index contributed by atoms with van der Waals surface area (Å²) in [6.07, 6.45) is 0.315. The minimum Gasteiger partial charge on any atom is -0.448 e. The number of carbonyl (C=O) groups is 1. The molecule has 2 heterocycles. The first-order valence-corrected chi connectivity index (χ1v) is 8.12. The van der Waals surface area contributed by atoms with Crippen molar-refractivity contribution >= 4 is 23.5 Å². The number of amides is 1. The SMILES string of the molecule is O=C(Nc1n[nH]c2c1CCN(Cc1ccccc1)C2)OCCCl. The van der Waals surface area contributed by atoms with Crippen molar-refractivity contribution in [1.82, 2.24) is 15.1 Å². The lowest BCUT2D eigenvalue weighted by atomic mass is 10.1. The van der Waals surface area contributed by atoms with E-state index in [1.54, 1.807) is 0 Å². The third-order valence-electron chi connectivity index (χ3n) is 3.79. The van der Waals surface area contributed by atoms with Crippen molar-refractivity contribution < 1.29 is 9.53 Å². The number of halogens is 1. The predicted molar refractivity (Wildman–Crippen MR) is 88.5 cm³/mol. The van der Waals surface area contributed by atoms with Crippen LogP contribution < -0.4 is 5.32 Å². The largest absolute Gasteiger partial charge is 0.448 e. The third-order valence-corrected chi connectivity index (χ3v) is 3.95. The van der Waals surface area contributed by atoms with Crippen LogP contribution in [0.5, 0.6) is 0 Å². The van der Waals surface area contributed by atoms with Crippen LogP contribution in [0.4, 0.5) is 10.6 Å². The molecule has 2 N–H and O–H groups in total. The lowest BCUT2D eigenvalue weighted by molar-refractivity contribution is 0.168. The summed E-state index contributed by atoms with van der Waals surface area (Å²) in [7, 11) is 0. The second kappa shape index (κ2) is 7.48. The number of anilines is 1. The molecule has 23 heavy (non-hydrogen) atoms. The van der Waals surface area contributed by atoms with E-state index in [0.717, 1.165) is 37.3 Å². The predicted octanol–water partition coefficient (Wildman–Crippen LogP) is 2.76. The molecule has 0 unspecified atom stereocenters. The molecule has 1 aliphatic heterocycles. The fraction of sp³-hybridized carbons (Fsp3) is 0.375. The Morgan fingerprint density at radius 1 is 1.39 bits per heavy atom. The fourth-order valence-corrected chi connectivity index (χ4v) is 2.80. The van der Waals surface area contributed by atoms with E-state index in [1.807, 2.05) is 6.07 Å². The Kier molecular flexibility index (Phi) is 5.15. The molecule has 0 radical (unpaired) electrons. The van der Waals surface area contributed by atoms with Gasteiger partial charge in [-0.15, -0.1) is 11.6 Å². The van der Waals surface area contributed by atoms with Crippen molar-refractivity contribution in [1.29, 1.82) is 0 Å². The molecule has 2 aromatic rings. The molecule has 0 saturated carbocycles. The van der Waals surface area contributed by atoms with E-state index in [1.165, 1.54) is 5.56 Å². The summed E-state index contributed by atoms with van der Waals surface area (Å²) < 4.78 is 4.91. The van der Waals surface area contributed by atoms with Crippen LogP contribution in [0.2, 0.25) is 0 Å². The zero-order valence-electron chi connectivity index (χ0n) is 12.7. The Labute approximate surface area is 139 Å². The average Bonchev–Trinajstić information content (AvgIpc) is 2.96. The standard InChI is InChI=1S/C16H19ClN4O2/c17-7-9-23-16(22)18-15-13-6-8-21(11-14(13)19-20-15)10-12-4-2-1-3-5-12/h1-5H,6-11H2,(H2,18,19,20,22). The van der Waals surface area contributed by atoms with Crippen molar-refractivity contribution in [2.75, 3.05) is 24.3 Å². The number of nitrogens with one attached hydrogen (secondary N) is 2. The van der Waals surface area contributed by atoms with Gasteiger partial charge in [0.05, 0.1) is 11.6 Å². The molecule has 1 aliphatic rings. The number of fused-ring (bicyclic) bond motifs is 1. The van der Waals surface area contributed by atoms with Gasteiger partial charge in [-0.05, 0) is 12.0 Å². The van der Waals surface area contributed by atoms with E-state index in [9.17, 15) is 4.79 Å². The van der Waals surface area contributed by atoms with Crippen molar-refractivity contribution in [3.8, 4) is 0 Å². The van der Waals surface area contributed by atoms with Crippen LogP contribution in [0.25, 0.3) is 0 Å². The monoisotopic (exact) mass is 334 g/mol. The number of aromatic nitrogens is 2. The van der Waals surface area contributed by atoms with E-state index >= 15 is 0 Å². The number of hydrogen-bond acceptors (Lipinski definition) is 4. The van der Waals surface area contributed by atoms with Gasteiger partial charge in [0.1, 0.15) is 6.61 Å². The maximum atomic E-state index is 11.6. The van der Waals surface area contributed by atoms with Gasteiger partial charge in [-0.2, -0.15) is 5.10 Å². The zero-order valence-corrected chi connectivity index (χ0v) is 13.5. The molecule has 7 heteroatoms. The summed E-state index contributed by atoms with van der Waals surface area (Å²) in [6, 6.07) is 10.4. The number of carbonyl (C=O) groups excluding carboxylic acids is 1. The zero-order chi connectivity index (χ0) is 16.1. The average molecular weight is 335 g/mol. The molecule has 122 valence electrons. The summed E-state index contributed by atoms with van der Waals surface area (Å²) >= 11 is 5.49. The van der Waals surface area contributed by atoms with Crippen LogP contribution in [0.1, 0.15) is 16.8 Å². The van der Waals surface area contributed by atoms with E-state index in [0.29, 0.717) is 5.82 Å². The highest BCUT2D eigenvalue weighted by Crippen LogP contribution is 2.24. The summed E-state index contributed by atoms with van der Waals surface area (Å²) in [5.74, 6) is 0.833. The fourth-order valence-electron chi connectivity index (χ4n) is 2.72. The minimum atomic E-state index is -0.522. The van der Waals surface area contributed by atoms with Crippen LogP contribution in [-0.4, -0.2) is 40.2 Å². The Morgan fingerprint density at radius 3 is 3.00 bits per heavy atom. The number of H-pyrrole nitrogens is 1. The van der Waals surface area contributed by atoms with Gasteiger partial charge < -0.3 is 4.74 Å². The van der Waals surface area contributed by atoms with Gasteiger partial charge in [0.15, 0.2) is 5.82 Å². The van der Waals surface area contributed by atoms with Crippen LogP contribution in [0, 0.1) is 0 Å². The number of benzene rings is 1. The van der Waals surface area contributed by atoms with Gasteiger partial charge >= 0.3 is 6.09 Å². The van der Waals surface area contributed by atoms with Crippen molar-refractivity contribution in [2.45, 2.75) is 19.5 Å². The maximum absolute atomic E-state index is 11.6. The molecule has 0 aliphatic carbocycles. The number of nitrogens with zero attached hydrogens (tertiary/aromatic N) is 2. The molecule has 0 spiro atoms. The van der Waals surface area contributed by atoms with Crippen LogP contribution >= 0.6 is 11.6 Å². The molecule has 0 atom stereocenters. The third kappa shape index (κ3) is 4.03. The first-order valence-electron chi connectivity index (χ1n) is 7.58. The topological polar surface area (TPSA) is 70.2 Å². The van der Waals surface area contributed by atoms with Gasteiger partial charge in [-0.1, -0.05) is 30.3 Å². The lowest BCUT2D eigenvalue weighted by Crippen LogP contribution is -2.30. The molecule has 0 bridgehead atoms. The number of alkyl halides is 1. The van der Waals surface area contributed by atoms with Crippen molar-refractivity contribution in [3.05, 3.63) is 47.2 Å². The van der Waals surface area contributed by atoms with E-state index in [4.69, 9.17) is 16.3 Å². The second-order valence-corrected chi connectivity index (χ2v) is 5.80. The van der Waals surface area contributed by atoms with Gasteiger partial charge in [-0.25, -0.2) is 4.79 Å². The lowest BCUT2D eigenvalue weighted by Gasteiger charge is -2.26. The van der Waals surface area contributed by atoms with E-state index in [2.05, 4.69) is 44.7 Å². The van der Waals surface area contributed by atoms with E-state index in [-0.39, 0.29) is 12.5 Å². The van der Waals surface area contributed by atoms with Crippen LogP contribution in [0.15, 0.2) is 30.3 Å². The van der Waals surface area contributed by atoms with Crippen LogP contribution in [-0.2, 0) is 24.2 Å². The molecule has 1 aromatic heterocycles. The second-order valence-electron chi connectivity index (χ2n) is 5.43. The number of ether oxygens (including phenoxy) is 1. The summed E-state index contributed by atoms with van der Waals surface area (Å²) in [6.45, 7) is 2.80. The quantitative estimate of drug-likeness (QED) is 0.825. The smallest absolute Gasteiger partial charge is 0.412 e. The molecule has 6 nitrogen and oxygen atoms in total. The molecule has 1 aromatic carbocycles. The van der Waals surface area contributed by atoms with Gasteiger partial charge in [0, 0.05) is 25.2 Å². The first-order chi connectivity index (χ1) is 11.3. The molecule has 0 saturated heterocycles. The maximum Gasteiger partial charge on any atom is 0.412 e. The molecular formula is C16H19ClN4O2.